The van der Waals surface area contributed by atoms with E-state index in [4.69, 9.17) is 4.42 Å². The summed E-state index contributed by atoms with van der Waals surface area (Å²) in [6.45, 7) is 2.63. The molecule has 1 aromatic heterocycles. The summed E-state index contributed by atoms with van der Waals surface area (Å²) in [7, 11) is 1.84. The van der Waals surface area contributed by atoms with Crippen molar-refractivity contribution in [2.45, 2.75) is 25.3 Å². The van der Waals surface area contributed by atoms with Crippen molar-refractivity contribution in [1.82, 2.24) is 9.80 Å². The van der Waals surface area contributed by atoms with E-state index in [1.54, 1.807) is 17.0 Å². The fourth-order valence-electron chi connectivity index (χ4n) is 3.99. The monoisotopic (exact) mass is 378 g/mol. The number of nitrogens with zero attached hydrogens (tertiary/aromatic N) is 2. The van der Waals surface area contributed by atoms with Crippen LogP contribution in [-0.4, -0.2) is 47.5 Å². The van der Waals surface area contributed by atoms with Crippen molar-refractivity contribution >= 4 is 16.9 Å². The van der Waals surface area contributed by atoms with Crippen LogP contribution in [0, 0.1) is 0 Å². The second-order valence-corrected chi connectivity index (χ2v) is 7.56. The molecule has 2 aromatic carbocycles. The lowest BCUT2D eigenvalue weighted by molar-refractivity contribution is -0.130. The van der Waals surface area contributed by atoms with Crippen LogP contribution in [0.25, 0.3) is 11.0 Å². The molecule has 1 saturated heterocycles. The van der Waals surface area contributed by atoms with Gasteiger partial charge in [0.15, 0.2) is 0 Å². The molecule has 146 valence electrons. The Kier molecular flexibility index (Phi) is 5.35. The highest BCUT2D eigenvalue weighted by Gasteiger charge is 2.26. The van der Waals surface area contributed by atoms with E-state index in [0.29, 0.717) is 12.3 Å². The molecule has 1 aliphatic heterocycles. The zero-order chi connectivity index (χ0) is 19.5. The number of rotatable bonds is 6. The second kappa shape index (κ2) is 8.07. The summed E-state index contributed by atoms with van der Waals surface area (Å²) >= 11 is 0. The maximum atomic E-state index is 12.8. The predicted molar refractivity (Wildman–Crippen MR) is 109 cm³/mol. The molecule has 4 rings (SSSR count). The normalized spacial score (nSPS) is 15.8. The minimum atomic E-state index is 0.0309. The molecule has 1 fully saturated rings. The number of carbonyl (C=O) groups excluding carboxylic acids is 1. The van der Waals surface area contributed by atoms with Gasteiger partial charge in [0.05, 0.1) is 12.5 Å². The summed E-state index contributed by atoms with van der Waals surface area (Å²) < 4.78 is 5.80. The maximum absolute atomic E-state index is 12.8. The largest absolute Gasteiger partial charge is 0.508 e. The molecular weight excluding hydrogens is 352 g/mol. The van der Waals surface area contributed by atoms with Crippen LogP contribution in [-0.2, 0) is 11.2 Å². The number of aromatic hydroxyl groups is 1. The number of carbonyl (C=O) groups is 1. The zero-order valence-electron chi connectivity index (χ0n) is 16.2. The molecule has 28 heavy (non-hydrogen) atoms. The lowest BCUT2D eigenvalue weighted by Crippen LogP contribution is -2.38. The summed E-state index contributed by atoms with van der Waals surface area (Å²) in [5, 5.41) is 10.9. The lowest BCUT2D eigenvalue weighted by atomic mass is 10.0. The van der Waals surface area contributed by atoms with E-state index < -0.39 is 0 Å². The number of benzene rings is 2. The highest BCUT2D eigenvalue weighted by Crippen LogP contribution is 2.28. The number of para-hydroxylation sites is 1. The highest BCUT2D eigenvalue weighted by atomic mass is 16.3. The Labute approximate surface area is 165 Å². The Balaban J connectivity index is 1.48. The SMILES string of the molecule is CN(CC(c1cccc(O)c1)N1CCCC1)C(=O)Cc1cc2ccccc2o1. The zero-order valence-corrected chi connectivity index (χ0v) is 16.2. The van der Waals surface area contributed by atoms with Gasteiger partial charge in [0.25, 0.3) is 0 Å². The van der Waals surface area contributed by atoms with Gasteiger partial charge in [-0.2, -0.15) is 0 Å². The van der Waals surface area contributed by atoms with Crippen LogP contribution in [0.1, 0.15) is 30.2 Å². The van der Waals surface area contributed by atoms with Crippen LogP contribution in [0.2, 0.25) is 0 Å². The van der Waals surface area contributed by atoms with Gasteiger partial charge in [-0.05, 0) is 55.8 Å². The van der Waals surface area contributed by atoms with E-state index in [9.17, 15) is 9.90 Å². The van der Waals surface area contributed by atoms with Gasteiger partial charge in [-0.1, -0.05) is 30.3 Å². The van der Waals surface area contributed by atoms with E-state index in [1.807, 2.05) is 49.5 Å². The number of likely N-dealkylation sites (tertiary alicyclic amines) is 1. The minimum Gasteiger partial charge on any atom is -0.508 e. The number of likely N-dealkylation sites (N-methyl/N-ethyl adjacent to an activating group) is 1. The van der Waals surface area contributed by atoms with Crippen molar-refractivity contribution in [1.29, 1.82) is 0 Å². The van der Waals surface area contributed by atoms with Crippen LogP contribution in [0.5, 0.6) is 5.75 Å². The van der Waals surface area contributed by atoms with Gasteiger partial charge in [0, 0.05) is 19.0 Å². The number of phenols is 1. The summed E-state index contributed by atoms with van der Waals surface area (Å²) in [5.41, 5.74) is 1.85. The molecule has 1 unspecified atom stereocenters. The predicted octanol–water partition coefficient (Wildman–Crippen LogP) is 3.98. The smallest absolute Gasteiger partial charge is 0.229 e. The quantitative estimate of drug-likeness (QED) is 0.705. The number of hydrogen-bond acceptors (Lipinski definition) is 4. The lowest BCUT2D eigenvalue weighted by Gasteiger charge is -2.31. The number of furan rings is 1. The van der Waals surface area contributed by atoms with E-state index in [1.165, 1.54) is 12.8 Å². The van der Waals surface area contributed by atoms with Crippen molar-refractivity contribution < 1.29 is 14.3 Å². The molecule has 1 aliphatic rings. The van der Waals surface area contributed by atoms with Gasteiger partial charge in [0.2, 0.25) is 5.91 Å². The van der Waals surface area contributed by atoms with Crippen LogP contribution in [0.3, 0.4) is 0 Å². The average Bonchev–Trinajstić information content (AvgIpc) is 3.35. The Morgan fingerprint density at radius 3 is 2.68 bits per heavy atom. The van der Waals surface area contributed by atoms with Gasteiger partial charge in [0.1, 0.15) is 17.1 Å². The van der Waals surface area contributed by atoms with Crippen molar-refractivity contribution in [3.63, 3.8) is 0 Å². The van der Waals surface area contributed by atoms with Gasteiger partial charge in [-0.25, -0.2) is 0 Å². The third-order valence-electron chi connectivity index (χ3n) is 5.51. The molecule has 1 atom stereocenters. The molecule has 5 heteroatoms. The average molecular weight is 378 g/mol. The molecule has 0 aliphatic carbocycles. The summed E-state index contributed by atoms with van der Waals surface area (Å²) in [4.78, 5) is 17.0. The molecule has 0 spiro atoms. The molecule has 1 N–H and O–H groups in total. The number of amides is 1. The van der Waals surface area contributed by atoms with Crippen LogP contribution < -0.4 is 0 Å². The first kappa shape index (κ1) is 18.6. The van der Waals surface area contributed by atoms with Gasteiger partial charge >= 0.3 is 0 Å². The van der Waals surface area contributed by atoms with E-state index in [2.05, 4.69) is 4.90 Å². The van der Waals surface area contributed by atoms with Crippen LogP contribution in [0.4, 0.5) is 0 Å². The first-order valence-corrected chi connectivity index (χ1v) is 9.84. The Bertz CT molecular complexity index is 926. The summed E-state index contributed by atoms with van der Waals surface area (Å²) in [5.74, 6) is 0.981. The Morgan fingerprint density at radius 2 is 1.93 bits per heavy atom. The molecule has 3 aromatic rings. The summed E-state index contributed by atoms with van der Waals surface area (Å²) in [6, 6.07) is 17.2. The van der Waals surface area contributed by atoms with Crippen molar-refractivity contribution in [3.05, 3.63) is 65.9 Å². The number of fused-ring (bicyclic) bond motifs is 1. The highest BCUT2D eigenvalue weighted by molar-refractivity contribution is 5.82. The molecule has 0 bridgehead atoms. The molecule has 5 nitrogen and oxygen atoms in total. The van der Waals surface area contributed by atoms with Crippen molar-refractivity contribution in [2.24, 2.45) is 0 Å². The van der Waals surface area contributed by atoms with Gasteiger partial charge in [-0.3, -0.25) is 9.69 Å². The Hall–Kier alpha value is -2.79. The first-order valence-electron chi connectivity index (χ1n) is 9.84. The van der Waals surface area contributed by atoms with Gasteiger partial charge in [-0.15, -0.1) is 0 Å². The Morgan fingerprint density at radius 1 is 1.14 bits per heavy atom. The summed E-state index contributed by atoms with van der Waals surface area (Å²) in [6.07, 6.45) is 2.59. The van der Waals surface area contributed by atoms with E-state index in [-0.39, 0.29) is 24.1 Å². The second-order valence-electron chi connectivity index (χ2n) is 7.56. The third kappa shape index (κ3) is 4.04. The molecule has 0 saturated carbocycles. The molecule has 1 amide bonds. The molecule has 2 heterocycles. The fourth-order valence-corrected chi connectivity index (χ4v) is 3.99. The molecular formula is C23H26N2O3. The maximum Gasteiger partial charge on any atom is 0.229 e. The topological polar surface area (TPSA) is 56.9 Å². The standard InChI is InChI=1S/C23H26N2O3/c1-24(23(27)15-20-14-18-7-2-3-10-22(18)28-20)16-21(25-11-4-5-12-25)17-8-6-9-19(26)13-17/h2-3,6-10,13-14,21,26H,4-5,11-12,15-16H2,1H3. The number of hydrogen-bond donors (Lipinski definition) is 1. The van der Waals surface area contributed by atoms with E-state index >= 15 is 0 Å². The van der Waals surface area contributed by atoms with Crippen molar-refractivity contribution in [2.75, 3.05) is 26.7 Å². The number of phenolic OH excluding ortho intramolecular Hbond substituents is 1. The van der Waals surface area contributed by atoms with Crippen LogP contribution >= 0.6 is 0 Å². The molecule has 0 radical (unpaired) electrons. The first-order chi connectivity index (χ1) is 13.6. The van der Waals surface area contributed by atoms with Crippen LogP contribution in [0.15, 0.2) is 59.0 Å². The van der Waals surface area contributed by atoms with Gasteiger partial charge < -0.3 is 14.4 Å². The fraction of sp³-hybridized carbons (Fsp3) is 0.348. The van der Waals surface area contributed by atoms with E-state index in [0.717, 1.165) is 29.6 Å². The third-order valence-corrected chi connectivity index (χ3v) is 5.51. The van der Waals surface area contributed by atoms with Crippen molar-refractivity contribution in [3.8, 4) is 5.75 Å². The minimum absolute atomic E-state index is 0.0309.